The average molecular weight is 282 g/mol. The van der Waals surface area contributed by atoms with E-state index < -0.39 is 0 Å². The molecule has 1 aromatic rings. The highest BCUT2D eigenvalue weighted by Crippen LogP contribution is 2.21. The van der Waals surface area contributed by atoms with E-state index in [9.17, 15) is 0 Å². The van der Waals surface area contributed by atoms with Gasteiger partial charge in [0.05, 0.1) is 0 Å². The van der Waals surface area contributed by atoms with Crippen LogP contribution in [-0.2, 0) is 0 Å². The molecule has 114 valence electrons. The van der Waals surface area contributed by atoms with Gasteiger partial charge in [-0.2, -0.15) is 17.7 Å². The van der Waals surface area contributed by atoms with E-state index in [1.54, 1.807) is 0 Å². The summed E-state index contributed by atoms with van der Waals surface area (Å²) in [6, 6.07) is 5.23. The Morgan fingerprint density at radius 1 is 1.05 bits per heavy atom. The van der Waals surface area contributed by atoms with Gasteiger partial charge in [0.15, 0.2) is 0 Å². The molecule has 0 radical (unpaired) electrons. The molecule has 1 heterocycles. The van der Waals surface area contributed by atoms with Crippen molar-refractivity contribution in [3.63, 3.8) is 0 Å². The predicted octanol–water partition coefficient (Wildman–Crippen LogP) is 3.02. The van der Waals surface area contributed by atoms with Crippen LogP contribution in [0, 0.1) is 40.4 Å². The first-order valence-corrected chi connectivity index (χ1v) is 8.15. The lowest BCUT2D eigenvalue weighted by atomic mass is 9.95. The largest absolute Gasteiger partial charge is 0.527 e. The summed E-state index contributed by atoms with van der Waals surface area (Å²) in [5, 5.41) is 1.32. The van der Waals surface area contributed by atoms with E-state index in [1.165, 1.54) is 54.2 Å². The number of rotatable bonds is 1. The second kappa shape index (κ2) is 5.97. The zero-order valence-electron chi connectivity index (χ0n) is 13.5. The Bertz CT molecular complexity index is 587. The Morgan fingerprint density at radius 3 is 2.29 bits per heavy atom. The first-order chi connectivity index (χ1) is 10.1. The van der Waals surface area contributed by atoms with E-state index in [0.717, 1.165) is 0 Å². The summed E-state index contributed by atoms with van der Waals surface area (Å²) in [6.07, 6.45) is 9.07. The molecule has 1 saturated carbocycles. The predicted molar refractivity (Wildman–Crippen MR) is 87.6 cm³/mol. The minimum absolute atomic E-state index is 0.702. The van der Waals surface area contributed by atoms with Crippen molar-refractivity contribution in [1.29, 1.82) is 0 Å². The minimum atomic E-state index is 0.702. The molecular formula is C19H26N2-2. The molecule has 2 heteroatoms. The van der Waals surface area contributed by atoms with Crippen molar-refractivity contribution in [2.75, 3.05) is 0 Å². The lowest BCUT2D eigenvalue weighted by Crippen LogP contribution is -2.39. The molecule has 3 rings (SSSR count). The number of nitrogens with zero attached hydrogens (tertiary/aromatic N) is 2. The van der Waals surface area contributed by atoms with Gasteiger partial charge in [0.25, 0.3) is 0 Å². The van der Waals surface area contributed by atoms with Crippen molar-refractivity contribution in [3.8, 4) is 0 Å². The maximum absolute atomic E-state index is 2.40. The van der Waals surface area contributed by atoms with E-state index in [-0.39, 0.29) is 0 Å². The van der Waals surface area contributed by atoms with Crippen LogP contribution in [0.15, 0.2) is 12.1 Å². The molecule has 0 unspecified atom stereocenters. The molecule has 0 saturated heterocycles. The van der Waals surface area contributed by atoms with Crippen molar-refractivity contribution in [3.05, 3.63) is 53.8 Å². The van der Waals surface area contributed by atoms with Gasteiger partial charge in [-0.05, 0) is 25.6 Å². The van der Waals surface area contributed by atoms with Gasteiger partial charge in [-0.3, -0.25) is 0 Å². The molecule has 0 N–H and O–H groups in total. The third kappa shape index (κ3) is 2.99. The van der Waals surface area contributed by atoms with Gasteiger partial charge in [-0.25, -0.2) is 11.1 Å². The van der Waals surface area contributed by atoms with Crippen LogP contribution < -0.4 is 9.93 Å². The third-order valence-corrected chi connectivity index (χ3v) is 4.69. The SMILES string of the molecule is Cc1c[c-](C)cc(C)c1=[N+]1[CH-]C=[N+](C2CCCCC2)[CH-][CH-]1. The van der Waals surface area contributed by atoms with Gasteiger partial charge in [0, 0.05) is 12.8 Å². The Balaban J connectivity index is 1.87. The zero-order chi connectivity index (χ0) is 14.8. The topological polar surface area (TPSA) is 6.02 Å². The van der Waals surface area contributed by atoms with Crippen LogP contribution in [0.5, 0.6) is 0 Å². The van der Waals surface area contributed by atoms with Crippen LogP contribution in [0.3, 0.4) is 0 Å². The summed E-state index contributed by atoms with van der Waals surface area (Å²) in [7, 11) is 0. The highest BCUT2D eigenvalue weighted by Gasteiger charge is 2.18. The smallest absolute Gasteiger partial charge is 0.123 e. The Labute approximate surface area is 128 Å². The van der Waals surface area contributed by atoms with Crippen LogP contribution in [0.1, 0.15) is 48.8 Å². The highest BCUT2D eigenvalue weighted by molar-refractivity contribution is 5.63. The van der Waals surface area contributed by atoms with Crippen LogP contribution in [0.2, 0.25) is 0 Å². The quantitative estimate of drug-likeness (QED) is 0.552. The summed E-state index contributed by atoms with van der Waals surface area (Å²) >= 11 is 0. The fraction of sp³-hybridized carbons (Fsp3) is 0.474. The first kappa shape index (κ1) is 14.2. The molecule has 2 aliphatic rings. The molecule has 0 bridgehead atoms. The molecule has 1 aliphatic heterocycles. The standard InChI is InChI=1S/C19H26N2/c1-15-13-16(2)19(17(3)14-15)21-11-9-20(10-12-21)18-7-5-4-6-8-18/h9-14,18H,4-8H2,1-3H3/q-2. The van der Waals surface area contributed by atoms with Gasteiger partial charge in [-0.1, -0.05) is 26.4 Å². The number of hydrogen-bond acceptors (Lipinski definition) is 0. The second-order valence-corrected chi connectivity index (χ2v) is 6.49. The van der Waals surface area contributed by atoms with Crippen LogP contribution in [0.4, 0.5) is 0 Å². The second-order valence-electron chi connectivity index (χ2n) is 6.49. The summed E-state index contributed by atoms with van der Waals surface area (Å²) < 4.78 is 4.65. The molecule has 0 atom stereocenters. The zero-order valence-corrected chi connectivity index (χ0v) is 13.5. The summed E-state index contributed by atoms with van der Waals surface area (Å²) in [6.45, 7) is 13.2. The van der Waals surface area contributed by atoms with E-state index in [1.807, 2.05) is 0 Å². The third-order valence-electron chi connectivity index (χ3n) is 4.69. The van der Waals surface area contributed by atoms with Crippen LogP contribution in [-0.4, -0.2) is 16.8 Å². The summed E-state index contributed by atoms with van der Waals surface area (Å²) in [5.74, 6) is 0. The lowest BCUT2D eigenvalue weighted by Gasteiger charge is -2.37. The maximum atomic E-state index is 2.40. The normalized spacial score (nSPS) is 19.4. The molecule has 1 aromatic carbocycles. The van der Waals surface area contributed by atoms with E-state index in [2.05, 4.69) is 67.9 Å². The van der Waals surface area contributed by atoms with Crippen molar-refractivity contribution < 1.29 is 4.58 Å². The van der Waals surface area contributed by atoms with Gasteiger partial charge < -0.3 is 9.15 Å². The van der Waals surface area contributed by atoms with Gasteiger partial charge >= 0.3 is 0 Å². The van der Waals surface area contributed by atoms with Gasteiger partial charge in [0.1, 0.15) is 6.04 Å². The Hall–Kier alpha value is -1.70. The number of aryl methyl sites for hydroxylation is 3. The van der Waals surface area contributed by atoms with Crippen molar-refractivity contribution >= 4 is 6.21 Å². The van der Waals surface area contributed by atoms with Crippen molar-refractivity contribution in [2.45, 2.75) is 58.9 Å². The molecule has 0 amide bonds. The van der Waals surface area contributed by atoms with Crippen molar-refractivity contribution in [1.82, 2.24) is 4.58 Å². The fourth-order valence-corrected chi connectivity index (χ4v) is 3.75. The summed E-state index contributed by atoms with van der Waals surface area (Å²) in [4.78, 5) is 0. The first-order valence-electron chi connectivity index (χ1n) is 8.15. The van der Waals surface area contributed by atoms with E-state index in [4.69, 9.17) is 0 Å². The molecular weight excluding hydrogens is 256 g/mol. The maximum Gasteiger partial charge on any atom is 0.123 e. The van der Waals surface area contributed by atoms with Crippen LogP contribution >= 0.6 is 0 Å². The molecule has 0 spiro atoms. The molecule has 1 fully saturated rings. The number of benzene rings is 1. The lowest BCUT2D eigenvalue weighted by molar-refractivity contribution is -0.527. The Morgan fingerprint density at radius 2 is 1.71 bits per heavy atom. The van der Waals surface area contributed by atoms with Gasteiger partial charge in [-0.15, -0.1) is 19.2 Å². The average Bonchev–Trinajstić information content (AvgIpc) is 2.48. The molecule has 0 aromatic heterocycles. The molecule has 2 nitrogen and oxygen atoms in total. The molecule has 1 aliphatic carbocycles. The minimum Gasteiger partial charge on any atom is -0.527 e. The monoisotopic (exact) mass is 282 g/mol. The van der Waals surface area contributed by atoms with Crippen LogP contribution in [0.25, 0.3) is 0 Å². The summed E-state index contributed by atoms with van der Waals surface area (Å²) in [5.41, 5.74) is 4.02. The van der Waals surface area contributed by atoms with E-state index >= 15 is 0 Å². The van der Waals surface area contributed by atoms with Gasteiger partial charge in [0.2, 0.25) is 0 Å². The number of hydrogen-bond donors (Lipinski definition) is 0. The van der Waals surface area contributed by atoms with E-state index in [0.29, 0.717) is 6.04 Å². The Kier molecular flexibility index (Phi) is 4.05. The molecule has 21 heavy (non-hydrogen) atoms. The highest BCUT2D eigenvalue weighted by atomic mass is 15.1. The fourth-order valence-electron chi connectivity index (χ4n) is 3.75. The van der Waals surface area contributed by atoms with Crippen molar-refractivity contribution in [2.24, 2.45) is 0 Å².